The lowest BCUT2D eigenvalue weighted by Crippen LogP contribution is -2.48. The highest BCUT2D eigenvalue weighted by molar-refractivity contribution is 6.22. The fourth-order valence-corrected chi connectivity index (χ4v) is 2.71. The van der Waals surface area contributed by atoms with Crippen molar-refractivity contribution in [3.63, 3.8) is 0 Å². The van der Waals surface area contributed by atoms with Gasteiger partial charge in [0.15, 0.2) is 0 Å². The molecule has 1 saturated heterocycles. The van der Waals surface area contributed by atoms with Crippen LogP contribution in [0, 0.1) is 0 Å². The second-order valence-corrected chi connectivity index (χ2v) is 5.72. The van der Waals surface area contributed by atoms with Crippen molar-refractivity contribution in [2.45, 2.75) is 19.4 Å². The average molecular weight is 353 g/mol. The quantitative estimate of drug-likeness (QED) is 0.609. The van der Waals surface area contributed by atoms with Crippen LogP contribution in [0.15, 0.2) is 54.6 Å². The molecule has 134 valence electrons. The van der Waals surface area contributed by atoms with E-state index < -0.39 is 11.9 Å². The monoisotopic (exact) mass is 353 g/mol. The zero-order valence-electron chi connectivity index (χ0n) is 14.3. The molecule has 0 bridgehead atoms. The van der Waals surface area contributed by atoms with Gasteiger partial charge in [0, 0.05) is 11.6 Å². The van der Waals surface area contributed by atoms with Crippen LogP contribution in [-0.2, 0) is 9.59 Å². The Kier molecular flexibility index (Phi) is 5.28. The minimum atomic E-state index is -0.814. The first kappa shape index (κ1) is 17.6. The summed E-state index contributed by atoms with van der Waals surface area (Å²) in [6, 6.07) is 14.6. The van der Waals surface area contributed by atoms with Crippen LogP contribution < -0.4 is 20.5 Å². The van der Waals surface area contributed by atoms with E-state index in [9.17, 15) is 14.4 Å². The van der Waals surface area contributed by atoms with Gasteiger partial charge in [0.1, 0.15) is 11.8 Å². The Labute approximate surface area is 150 Å². The summed E-state index contributed by atoms with van der Waals surface area (Å²) < 4.78 is 5.41. The molecule has 26 heavy (non-hydrogen) atoms. The predicted molar refractivity (Wildman–Crippen MR) is 95.6 cm³/mol. The second-order valence-electron chi connectivity index (χ2n) is 5.72. The number of imide groups is 1. The van der Waals surface area contributed by atoms with Gasteiger partial charge in [0.2, 0.25) is 5.91 Å². The number of carbonyl (C=O) groups is 3. The van der Waals surface area contributed by atoms with Gasteiger partial charge in [-0.15, -0.1) is 0 Å². The molecular formula is C19H19N3O4. The second kappa shape index (κ2) is 7.79. The molecule has 0 aliphatic carbocycles. The van der Waals surface area contributed by atoms with E-state index >= 15 is 0 Å². The Morgan fingerprint density at radius 3 is 2.65 bits per heavy atom. The summed E-state index contributed by atoms with van der Waals surface area (Å²) >= 11 is 0. The van der Waals surface area contributed by atoms with Crippen LogP contribution in [0.2, 0.25) is 0 Å². The van der Waals surface area contributed by atoms with Crippen molar-refractivity contribution >= 4 is 23.4 Å². The lowest BCUT2D eigenvalue weighted by atomic mass is 10.2. The Bertz CT molecular complexity index is 823. The number of hydrogen-bond acceptors (Lipinski definition) is 5. The Balaban J connectivity index is 1.67. The van der Waals surface area contributed by atoms with Crippen molar-refractivity contribution in [3.05, 3.63) is 60.2 Å². The number of carbonyl (C=O) groups excluding carboxylic acids is 3. The number of ether oxygens (including phenoxy) is 1. The fraction of sp³-hybridized carbons (Fsp3) is 0.211. The summed E-state index contributed by atoms with van der Waals surface area (Å²) in [6.07, 6.45) is -0.0350. The molecule has 1 aliphatic rings. The van der Waals surface area contributed by atoms with Crippen LogP contribution in [0.25, 0.3) is 0 Å². The van der Waals surface area contributed by atoms with Crippen molar-refractivity contribution in [1.29, 1.82) is 0 Å². The van der Waals surface area contributed by atoms with Gasteiger partial charge in [-0.1, -0.05) is 24.3 Å². The predicted octanol–water partition coefficient (Wildman–Crippen LogP) is 1.65. The minimum absolute atomic E-state index is 0.0350. The first-order chi connectivity index (χ1) is 12.6. The number of rotatable bonds is 6. The van der Waals surface area contributed by atoms with Gasteiger partial charge in [0.05, 0.1) is 18.7 Å². The van der Waals surface area contributed by atoms with Crippen LogP contribution in [0.3, 0.4) is 0 Å². The normalized spacial score (nSPS) is 16.7. The standard InChI is InChI=1S/C19H19N3O4/c1-2-26-15-10-6-9-14(11-15)22-17(23)12-16(19(22)25)20-21-18(24)13-7-4-3-5-8-13/h3-11,16,20H,2,12H2,1H3,(H,21,24)/t16-/m0/s1. The van der Waals surface area contributed by atoms with E-state index in [1.54, 1.807) is 54.6 Å². The molecule has 2 N–H and O–H groups in total. The number of hydrogen-bond donors (Lipinski definition) is 2. The van der Waals surface area contributed by atoms with E-state index in [1.165, 1.54) is 0 Å². The molecule has 2 aromatic rings. The lowest BCUT2D eigenvalue weighted by Gasteiger charge is -2.16. The van der Waals surface area contributed by atoms with Gasteiger partial charge >= 0.3 is 0 Å². The molecule has 0 saturated carbocycles. The molecule has 3 rings (SSSR count). The topological polar surface area (TPSA) is 87.7 Å². The fourth-order valence-electron chi connectivity index (χ4n) is 2.71. The highest BCUT2D eigenvalue weighted by atomic mass is 16.5. The zero-order chi connectivity index (χ0) is 18.5. The van der Waals surface area contributed by atoms with E-state index in [-0.39, 0.29) is 18.2 Å². The maximum Gasteiger partial charge on any atom is 0.265 e. The summed E-state index contributed by atoms with van der Waals surface area (Å²) in [5.74, 6) is -0.547. The maximum absolute atomic E-state index is 12.6. The van der Waals surface area contributed by atoms with E-state index in [4.69, 9.17) is 4.74 Å². The highest BCUT2D eigenvalue weighted by Crippen LogP contribution is 2.26. The van der Waals surface area contributed by atoms with Gasteiger partial charge in [-0.05, 0) is 31.2 Å². The number of hydrazine groups is 1. The molecule has 1 atom stereocenters. The first-order valence-electron chi connectivity index (χ1n) is 8.30. The molecule has 3 amide bonds. The largest absolute Gasteiger partial charge is 0.494 e. The summed E-state index contributed by atoms with van der Waals surface area (Å²) in [4.78, 5) is 38.0. The van der Waals surface area contributed by atoms with Crippen molar-refractivity contribution in [3.8, 4) is 5.75 Å². The number of amides is 3. The van der Waals surface area contributed by atoms with Gasteiger partial charge in [-0.25, -0.2) is 10.3 Å². The van der Waals surface area contributed by atoms with E-state index in [0.29, 0.717) is 23.6 Å². The van der Waals surface area contributed by atoms with Gasteiger partial charge in [-0.2, -0.15) is 0 Å². The van der Waals surface area contributed by atoms with Crippen LogP contribution in [0.1, 0.15) is 23.7 Å². The van der Waals surface area contributed by atoms with Crippen molar-refractivity contribution in [2.75, 3.05) is 11.5 Å². The number of nitrogens with zero attached hydrogens (tertiary/aromatic N) is 1. The van der Waals surface area contributed by atoms with Crippen molar-refractivity contribution < 1.29 is 19.1 Å². The number of anilines is 1. The third-order valence-corrected chi connectivity index (χ3v) is 3.93. The molecule has 1 aliphatic heterocycles. The third-order valence-electron chi connectivity index (χ3n) is 3.93. The van der Waals surface area contributed by atoms with Crippen LogP contribution >= 0.6 is 0 Å². The highest BCUT2D eigenvalue weighted by Gasteiger charge is 2.39. The summed E-state index contributed by atoms with van der Waals surface area (Å²) in [5, 5.41) is 0. The molecule has 1 heterocycles. The minimum Gasteiger partial charge on any atom is -0.494 e. The number of nitrogens with one attached hydrogen (secondary N) is 2. The van der Waals surface area contributed by atoms with Crippen LogP contribution in [-0.4, -0.2) is 30.4 Å². The Hall–Kier alpha value is -3.19. The summed E-state index contributed by atoms with van der Waals surface area (Å²) in [5.41, 5.74) is 6.04. The third kappa shape index (κ3) is 3.73. The van der Waals surface area contributed by atoms with Crippen LogP contribution in [0.5, 0.6) is 5.75 Å². The van der Waals surface area contributed by atoms with E-state index in [0.717, 1.165) is 4.90 Å². The summed E-state index contributed by atoms with van der Waals surface area (Å²) in [6.45, 7) is 2.34. The molecule has 1 fully saturated rings. The van der Waals surface area contributed by atoms with E-state index in [1.807, 2.05) is 6.92 Å². The van der Waals surface area contributed by atoms with Crippen molar-refractivity contribution in [2.24, 2.45) is 0 Å². The molecule has 0 unspecified atom stereocenters. The van der Waals surface area contributed by atoms with Gasteiger partial charge in [0.25, 0.3) is 11.8 Å². The molecule has 2 aromatic carbocycles. The molecule has 7 nitrogen and oxygen atoms in total. The maximum atomic E-state index is 12.6. The molecule has 7 heteroatoms. The molecule has 0 aromatic heterocycles. The van der Waals surface area contributed by atoms with Gasteiger partial charge < -0.3 is 4.74 Å². The first-order valence-corrected chi connectivity index (χ1v) is 8.30. The number of benzene rings is 2. The van der Waals surface area contributed by atoms with E-state index in [2.05, 4.69) is 10.9 Å². The van der Waals surface area contributed by atoms with Crippen molar-refractivity contribution in [1.82, 2.24) is 10.9 Å². The Morgan fingerprint density at radius 2 is 1.92 bits per heavy atom. The molecule has 0 radical (unpaired) electrons. The molecular weight excluding hydrogens is 334 g/mol. The molecule has 0 spiro atoms. The lowest BCUT2D eigenvalue weighted by molar-refractivity contribution is -0.121. The summed E-state index contributed by atoms with van der Waals surface area (Å²) in [7, 11) is 0. The SMILES string of the molecule is CCOc1cccc(N2C(=O)C[C@H](NNC(=O)c3ccccc3)C2=O)c1. The van der Waals surface area contributed by atoms with Crippen LogP contribution in [0.4, 0.5) is 5.69 Å². The zero-order valence-corrected chi connectivity index (χ0v) is 14.3. The smallest absolute Gasteiger partial charge is 0.265 e. The average Bonchev–Trinajstić information content (AvgIpc) is 2.94. The Morgan fingerprint density at radius 1 is 1.15 bits per heavy atom. The van der Waals surface area contributed by atoms with Gasteiger partial charge in [-0.3, -0.25) is 19.8 Å².